The minimum Gasteiger partial charge on any atom is -0.330 e. The Balaban J connectivity index is 0. The van der Waals surface area contributed by atoms with Gasteiger partial charge in [0.25, 0.3) is 0 Å². The summed E-state index contributed by atoms with van der Waals surface area (Å²) in [5.41, 5.74) is 5.40. The molecule has 0 heterocycles. The summed E-state index contributed by atoms with van der Waals surface area (Å²) in [6, 6.07) is 0. The van der Waals surface area contributed by atoms with Gasteiger partial charge in [0.2, 0.25) is 0 Å². The summed E-state index contributed by atoms with van der Waals surface area (Å²) < 4.78 is 31.6. The van der Waals surface area contributed by atoms with Crippen LogP contribution in [0.4, 0.5) is 0 Å². The highest BCUT2D eigenvalue weighted by atomic mass is 32.3. The van der Waals surface area contributed by atoms with Gasteiger partial charge in [-0.2, -0.15) is 13.7 Å². The molecular weight excluding hydrogens is 302 g/mol. The van der Waals surface area contributed by atoms with Gasteiger partial charge in [0.15, 0.2) is 0 Å². The number of hydrogen-bond donors (Lipinski definition) is 4. The van der Waals surface area contributed by atoms with Gasteiger partial charge in [0, 0.05) is 6.42 Å². The molecule has 0 aromatic rings. The van der Waals surface area contributed by atoms with E-state index in [4.69, 9.17) is 28.5 Å². The predicted molar refractivity (Wildman–Crippen MR) is 78.1 cm³/mol. The first-order valence-electron chi connectivity index (χ1n) is 7.05. The molecule has 0 aliphatic heterocycles. The van der Waals surface area contributed by atoms with Crippen LogP contribution in [-0.4, -0.2) is 35.3 Å². The van der Waals surface area contributed by atoms with Crippen LogP contribution in [0.5, 0.6) is 0 Å². The van der Waals surface area contributed by atoms with Crippen LogP contribution < -0.4 is 5.73 Å². The second-order valence-electron chi connectivity index (χ2n) is 4.63. The van der Waals surface area contributed by atoms with Crippen LogP contribution >= 0.6 is 0 Å². The summed E-state index contributed by atoms with van der Waals surface area (Å²) in [7, 11) is -4.67. The quantitative estimate of drug-likeness (QED) is 0.195. The van der Waals surface area contributed by atoms with E-state index >= 15 is 0 Å². The van der Waals surface area contributed by atoms with Crippen LogP contribution in [0.15, 0.2) is 0 Å². The number of unbranched alkanes of at least 4 members (excludes halogenated alkanes) is 8. The average Bonchev–Trinajstić information content (AvgIpc) is 2.38. The number of carbonyl (C=O) groups is 1. The molecule has 0 saturated carbocycles. The summed E-state index contributed by atoms with van der Waals surface area (Å²) in [6.07, 6.45) is 10.8. The van der Waals surface area contributed by atoms with Crippen molar-refractivity contribution in [3.63, 3.8) is 0 Å². The number of rotatable bonds is 11. The molecule has 8 nitrogen and oxygen atoms in total. The molecule has 0 rings (SSSR count). The zero-order valence-corrected chi connectivity index (χ0v) is 13.1. The molecule has 0 saturated heterocycles. The lowest BCUT2D eigenvalue weighted by Crippen LogP contribution is -1.99. The highest BCUT2D eigenvalue weighted by molar-refractivity contribution is 7.79. The Bertz CT molecular complexity index is 324. The molecule has 9 heteroatoms. The molecule has 128 valence electrons. The third-order valence-electron chi connectivity index (χ3n) is 2.69. The van der Waals surface area contributed by atoms with Gasteiger partial charge in [0.05, 0.1) is 0 Å². The van der Waals surface area contributed by atoms with Crippen LogP contribution in [-0.2, 0) is 20.1 Å². The maximum Gasteiger partial charge on any atom is 0.394 e. The first-order valence-corrected chi connectivity index (χ1v) is 8.45. The molecule has 0 aliphatic rings. The lowest BCUT2D eigenvalue weighted by atomic mass is 10.1. The first-order chi connectivity index (χ1) is 9.81. The molecule has 5 N–H and O–H groups in total. The van der Waals surface area contributed by atoms with Crippen molar-refractivity contribution in [2.24, 2.45) is 5.73 Å². The van der Waals surface area contributed by atoms with E-state index in [-0.39, 0.29) is 0 Å². The van der Waals surface area contributed by atoms with Crippen molar-refractivity contribution >= 4 is 16.4 Å². The molecule has 0 aromatic heterocycles. The van der Waals surface area contributed by atoms with Crippen LogP contribution in [0, 0.1) is 0 Å². The minimum absolute atomic E-state index is 0.326. The van der Waals surface area contributed by atoms with E-state index in [2.05, 4.69) is 4.89 Å². The van der Waals surface area contributed by atoms with E-state index < -0.39 is 16.4 Å². The highest BCUT2D eigenvalue weighted by Crippen LogP contribution is 2.10. The lowest BCUT2D eigenvalue weighted by Gasteiger charge is -2.01. The maximum absolute atomic E-state index is 10.6. The second-order valence-corrected chi connectivity index (χ2v) is 5.53. The van der Waals surface area contributed by atoms with Crippen molar-refractivity contribution < 1.29 is 32.5 Å². The Hall–Kier alpha value is -0.740. The van der Waals surface area contributed by atoms with E-state index in [1.807, 2.05) is 0 Å². The number of nitrogens with two attached hydrogens (primary N) is 1. The van der Waals surface area contributed by atoms with Gasteiger partial charge in [-0.3, -0.25) is 9.11 Å². The van der Waals surface area contributed by atoms with Gasteiger partial charge in [-0.25, -0.2) is 4.79 Å². The zero-order valence-electron chi connectivity index (χ0n) is 12.2. The molecule has 21 heavy (non-hydrogen) atoms. The summed E-state index contributed by atoms with van der Waals surface area (Å²) in [5.74, 6) is -0.526. The average molecular weight is 329 g/mol. The fraction of sp³-hybridized carbons (Fsp3) is 0.917. The van der Waals surface area contributed by atoms with Crippen LogP contribution in [0.25, 0.3) is 0 Å². The second kappa shape index (κ2) is 15.6. The Morgan fingerprint density at radius 1 is 0.857 bits per heavy atom. The molecule has 0 aliphatic carbocycles. The SMILES string of the molecule is NCCCCCCCCCCCC(=O)OO.O=S(=O)(O)O. The number of carbonyl (C=O) groups excluding carboxylic acids is 1. The van der Waals surface area contributed by atoms with E-state index in [0.29, 0.717) is 6.42 Å². The monoisotopic (exact) mass is 329 g/mol. The molecule has 0 aromatic carbocycles. The van der Waals surface area contributed by atoms with Gasteiger partial charge in [-0.15, -0.1) is 0 Å². The number of hydrogen-bond acceptors (Lipinski definition) is 6. The standard InChI is InChI=1S/C12H25NO3.H2O4S/c13-11-9-7-5-3-1-2-4-6-8-10-12(14)16-15;1-5(2,3)4/h15H,1-11,13H2;(H2,1,2,3,4). The smallest absolute Gasteiger partial charge is 0.330 e. The minimum atomic E-state index is -4.67. The molecule has 0 fully saturated rings. The molecule has 0 amide bonds. The largest absolute Gasteiger partial charge is 0.394 e. The molecule has 0 radical (unpaired) electrons. The fourth-order valence-electron chi connectivity index (χ4n) is 1.70. The van der Waals surface area contributed by atoms with Gasteiger partial charge in [-0.05, 0) is 19.4 Å². The lowest BCUT2D eigenvalue weighted by molar-refractivity contribution is -0.234. The van der Waals surface area contributed by atoms with Crippen molar-refractivity contribution in [3.05, 3.63) is 0 Å². The molecule has 0 bridgehead atoms. The Morgan fingerprint density at radius 2 is 1.19 bits per heavy atom. The third-order valence-corrected chi connectivity index (χ3v) is 2.69. The summed E-state index contributed by atoms with van der Waals surface area (Å²) in [4.78, 5) is 14.1. The Labute approximate surface area is 126 Å². The zero-order chi connectivity index (χ0) is 16.6. The normalized spacial score (nSPS) is 10.7. The molecule has 0 spiro atoms. The maximum atomic E-state index is 10.6. The Morgan fingerprint density at radius 3 is 1.52 bits per heavy atom. The van der Waals surface area contributed by atoms with Crippen molar-refractivity contribution in [1.29, 1.82) is 0 Å². The summed E-state index contributed by atoms with van der Waals surface area (Å²) in [6.45, 7) is 0.807. The van der Waals surface area contributed by atoms with E-state index in [1.54, 1.807) is 0 Å². The molecule has 0 unspecified atom stereocenters. The van der Waals surface area contributed by atoms with Crippen molar-refractivity contribution in [1.82, 2.24) is 0 Å². The Kier molecular flexibility index (Phi) is 16.8. The predicted octanol–water partition coefficient (Wildman–Crippen LogP) is 2.21. The van der Waals surface area contributed by atoms with Gasteiger partial charge in [-0.1, -0.05) is 44.9 Å². The topological polar surface area (TPSA) is 147 Å². The molecular formula is C12H27NO7S. The van der Waals surface area contributed by atoms with Gasteiger partial charge in [0.1, 0.15) is 0 Å². The van der Waals surface area contributed by atoms with E-state index in [0.717, 1.165) is 32.2 Å². The van der Waals surface area contributed by atoms with Crippen LogP contribution in [0.2, 0.25) is 0 Å². The highest BCUT2D eigenvalue weighted by Gasteiger charge is 2.00. The third kappa shape index (κ3) is 32.6. The van der Waals surface area contributed by atoms with Crippen LogP contribution in [0.3, 0.4) is 0 Å². The van der Waals surface area contributed by atoms with Crippen molar-refractivity contribution in [2.75, 3.05) is 6.54 Å². The van der Waals surface area contributed by atoms with Crippen molar-refractivity contribution in [3.8, 4) is 0 Å². The summed E-state index contributed by atoms with van der Waals surface area (Å²) in [5, 5.41) is 8.02. The molecule has 0 atom stereocenters. The van der Waals surface area contributed by atoms with Crippen LogP contribution in [0.1, 0.15) is 64.2 Å². The van der Waals surface area contributed by atoms with E-state index in [9.17, 15) is 4.79 Å². The summed E-state index contributed by atoms with van der Waals surface area (Å²) >= 11 is 0. The van der Waals surface area contributed by atoms with E-state index in [1.165, 1.54) is 32.1 Å². The van der Waals surface area contributed by atoms with Gasteiger partial charge >= 0.3 is 16.4 Å². The first kappa shape index (κ1) is 22.5. The van der Waals surface area contributed by atoms with Gasteiger partial charge < -0.3 is 10.6 Å². The van der Waals surface area contributed by atoms with Crippen molar-refractivity contribution in [2.45, 2.75) is 64.2 Å². The fourth-order valence-corrected chi connectivity index (χ4v) is 1.70.